The van der Waals surface area contributed by atoms with Gasteiger partial charge < -0.3 is 5.11 Å². The molecule has 0 spiro atoms. The number of aromatic nitrogens is 2. The molecule has 0 aromatic carbocycles. The molecule has 0 fully saturated rings. The fourth-order valence-corrected chi connectivity index (χ4v) is 1.04. The highest BCUT2D eigenvalue weighted by Gasteiger charge is 2.03. The van der Waals surface area contributed by atoms with Crippen molar-refractivity contribution < 1.29 is 9.90 Å². The molecule has 1 aromatic rings. The molecule has 0 aliphatic heterocycles. The first-order valence-corrected chi connectivity index (χ1v) is 4.14. The van der Waals surface area contributed by atoms with E-state index in [0.29, 0.717) is 0 Å². The summed E-state index contributed by atoms with van der Waals surface area (Å²) < 4.78 is 1.31. The summed E-state index contributed by atoms with van der Waals surface area (Å²) in [5, 5.41) is 11.2. The number of nitrogens with zero attached hydrogens (tertiary/aromatic N) is 1. The van der Waals surface area contributed by atoms with E-state index in [9.17, 15) is 9.59 Å². The second-order valence-corrected chi connectivity index (χ2v) is 2.77. The molecule has 1 rings (SSSR count). The van der Waals surface area contributed by atoms with E-state index < -0.39 is 5.97 Å². The van der Waals surface area contributed by atoms with Gasteiger partial charge in [-0.2, -0.15) is 0 Å². The predicted octanol–water partition coefficient (Wildman–Crippen LogP) is 0.213. The average Bonchev–Trinajstić information content (AvgIpc) is 2.43. The Morgan fingerprint density at radius 3 is 2.85 bits per heavy atom. The zero-order valence-electron chi connectivity index (χ0n) is 7.41. The molecule has 1 heterocycles. The second-order valence-electron chi connectivity index (χ2n) is 2.77. The van der Waals surface area contributed by atoms with Crippen LogP contribution in [0.15, 0.2) is 10.9 Å². The number of aryl methyl sites for hydroxylation is 2. The van der Waals surface area contributed by atoms with Crippen LogP contribution in [0.4, 0.5) is 0 Å². The number of carboxylic acids is 1. The molecule has 0 bridgehead atoms. The SMILES string of the molecule is CCc1cc(=O)n(CCC(=O)O)[nH]1. The van der Waals surface area contributed by atoms with Gasteiger partial charge in [0.2, 0.25) is 0 Å². The van der Waals surface area contributed by atoms with Crippen LogP contribution in [0, 0.1) is 0 Å². The number of aliphatic carboxylic acids is 1. The summed E-state index contributed by atoms with van der Waals surface area (Å²) in [6.07, 6.45) is 0.707. The minimum Gasteiger partial charge on any atom is -0.481 e. The monoisotopic (exact) mass is 184 g/mol. The van der Waals surface area contributed by atoms with Crippen molar-refractivity contribution in [1.82, 2.24) is 9.78 Å². The fraction of sp³-hybridized carbons (Fsp3) is 0.500. The summed E-state index contributed by atoms with van der Waals surface area (Å²) in [5.74, 6) is -0.903. The van der Waals surface area contributed by atoms with E-state index in [1.807, 2.05) is 6.92 Å². The first-order valence-electron chi connectivity index (χ1n) is 4.14. The number of rotatable bonds is 4. The van der Waals surface area contributed by atoms with Crippen molar-refractivity contribution in [3.8, 4) is 0 Å². The molecular formula is C8H12N2O3. The predicted molar refractivity (Wildman–Crippen MR) is 46.7 cm³/mol. The van der Waals surface area contributed by atoms with Gasteiger partial charge in [-0.3, -0.25) is 19.4 Å². The van der Waals surface area contributed by atoms with Crippen molar-refractivity contribution in [3.63, 3.8) is 0 Å². The first kappa shape index (κ1) is 9.57. The fourth-order valence-electron chi connectivity index (χ4n) is 1.04. The topological polar surface area (TPSA) is 75.1 Å². The maximum Gasteiger partial charge on any atom is 0.305 e. The molecule has 0 saturated heterocycles. The van der Waals surface area contributed by atoms with Crippen molar-refractivity contribution in [1.29, 1.82) is 0 Å². The highest BCUT2D eigenvalue weighted by atomic mass is 16.4. The van der Waals surface area contributed by atoms with Crippen LogP contribution in [0.3, 0.4) is 0 Å². The molecule has 2 N–H and O–H groups in total. The molecule has 0 aliphatic rings. The lowest BCUT2D eigenvalue weighted by atomic mass is 10.3. The Morgan fingerprint density at radius 1 is 1.69 bits per heavy atom. The summed E-state index contributed by atoms with van der Waals surface area (Å²) in [4.78, 5) is 21.4. The minimum absolute atomic E-state index is 0.0381. The number of nitrogens with one attached hydrogen (secondary N) is 1. The molecule has 0 amide bonds. The van der Waals surface area contributed by atoms with Crippen molar-refractivity contribution in [3.05, 3.63) is 22.1 Å². The number of H-pyrrole nitrogens is 1. The quantitative estimate of drug-likeness (QED) is 0.702. The number of carboxylic acid groups (broad SMARTS) is 1. The Balaban J connectivity index is 2.71. The van der Waals surface area contributed by atoms with Crippen LogP contribution >= 0.6 is 0 Å². The highest BCUT2D eigenvalue weighted by Crippen LogP contribution is 1.92. The van der Waals surface area contributed by atoms with Crippen LogP contribution in [0.2, 0.25) is 0 Å². The molecule has 0 aliphatic carbocycles. The van der Waals surface area contributed by atoms with E-state index in [-0.39, 0.29) is 18.5 Å². The van der Waals surface area contributed by atoms with E-state index in [1.54, 1.807) is 0 Å². The van der Waals surface area contributed by atoms with Crippen molar-refractivity contribution in [2.75, 3.05) is 0 Å². The van der Waals surface area contributed by atoms with Crippen molar-refractivity contribution in [2.24, 2.45) is 0 Å². The largest absolute Gasteiger partial charge is 0.481 e. The summed E-state index contributed by atoms with van der Waals surface area (Å²) in [5.41, 5.74) is 0.661. The molecule has 5 nitrogen and oxygen atoms in total. The zero-order valence-corrected chi connectivity index (χ0v) is 7.41. The van der Waals surface area contributed by atoms with Gasteiger partial charge in [-0.05, 0) is 6.42 Å². The van der Waals surface area contributed by atoms with Gasteiger partial charge in [-0.1, -0.05) is 6.92 Å². The Bertz CT molecular complexity index is 351. The Morgan fingerprint density at radius 2 is 2.38 bits per heavy atom. The van der Waals surface area contributed by atoms with Gasteiger partial charge in [0.05, 0.1) is 13.0 Å². The van der Waals surface area contributed by atoms with Crippen LogP contribution in [-0.4, -0.2) is 20.9 Å². The Labute approximate surface area is 75.0 Å². The van der Waals surface area contributed by atoms with Crippen LogP contribution in [0.1, 0.15) is 19.0 Å². The zero-order chi connectivity index (χ0) is 9.84. The van der Waals surface area contributed by atoms with Gasteiger partial charge in [-0.25, -0.2) is 0 Å². The van der Waals surface area contributed by atoms with Crippen LogP contribution in [0.5, 0.6) is 0 Å². The lowest BCUT2D eigenvalue weighted by molar-refractivity contribution is -0.137. The van der Waals surface area contributed by atoms with Crippen LogP contribution in [-0.2, 0) is 17.8 Å². The third-order valence-corrected chi connectivity index (χ3v) is 1.77. The van der Waals surface area contributed by atoms with E-state index in [2.05, 4.69) is 5.10 Å². The van der Waals surface area contributed by atoms with Gasteiger partial charge in [0, 0.05) is 11.8 Å². The molecule has 1 aromatic heterocycles. The van der Waals surface area contributed by atoms with E-state index in [4.69, 9.17) is 5.11 Å². The molecule has 72 valence electrons. The smallest absolute Gasteiger partial charge is 0.305 e. The lowest BCUT2D eigenvalue weighted by Crippen LogP contribution is -2.17. The van der Waals surface area contributed by atoms with Gasteiger partial charge >= 0.3 is 5.97 Å². The van der Waals surface area contributed by atoms with Crippen LogP contribution < -0.4 is 5.56 Å². The minimum atomic E-state index is -0.903. The molecule has 0 saturated carbocycles. The van der Waals surface area contributed by atoms with Gasteiger partial charge in [0.15, 0.2) is 0 Å². The molecule has 5 heteroatoms. The molecule has 0 radical (unpaired) electrons. The first-order chi connectivity index (χ1) is 6.13. The maximum atomic E-state index is 11.2. The van der Waals surface area contributed by atoms with Crippen molar-refractivity contribution >= 4 is 5.97 Å². The van der Waals surface area contributed by atoms with Gasteiger partial charge in [-0.15, -0.1) is 0 Å². The normalized spacial score (nSPS) is 10.2. The Hall–Kier alpha value is -1.52. The summed E-state index contributed by atoms with van der Waals surface area (Å²) in [6.45, 7) is 2.13. The standard InChI is InChI=1S/C8H12N2O3/c1-2-6-5-7(11)10(9-6)4-3-8(12)13/h5,9H,2-4H2,1H3,(H,12,13). The average molecular weight is 184 g/mol. The van der Waals surface area contributed by atoms with Gasteiger partial charge in [0.25, 0.3) is 5.56 Å². The molecule has 0 unspecified atom stereocenters. The Kier molecular flexibility index (Phi) is 2.89. The van der Waals surface area contributed by atoms with Crippen molar-refractivity contribution in [2.45, 2.75) is 26.3 Å². The molecular weight excluding hydrogens is 172 g/mol. The number of hydrogen-bond acceptors (Lipinski definition) is 2. The third-order valence-electron chi connectivity index (χ3n) is 1.77. The second kappa shape index (κ2) is 3.93. The number of hydrogen-bond donors (Lipinski definition) is 2. The molecule has 0 atom stereocenters. The lowest BCUT2D eigenvalue weighted by Gasteiger charge is -1.97. The van der Waals surface area contributed by atoms with Crippen LogP contribution in [0.25, 0.3) is 0 Å². The van der Waals surface area contributed by atoms with E-state index in [0.717, 1.165) is 12.1 Å². The van der Waals surface area contributed by atoms with E-state index in [1.165, 1.54) is 10.7 Å². The third kappa shape index (κ3) is 2.47. The highest BCUT2D eigenvalue weighted by molar-refractivity contribution is 5.66. The summed E-state index contributed by atoms with van der Waals surface area (Å²) in [6, 6.07) is 1.49. The van der Waals surface area contributed by atoms with E-state index >= 15 is 0 Å². The number of aromatic amines is 1. The number of carbonyl (C=O) groups is 1. The van der Waals surface area contributed by atoms with Gasteiger partial charge in [0.1, 0.15) is 0 Å². The summed E-state index contributed by atoms with van der Waals surface area (Å²) in [7, 11) is 0. The summed E-state index contributed by atoms with van der Waals surface area (Å²) >= 11 is 0. The molecule has 13 heavy (non-hydrogen) atoms. The maximum absolute atomic E-state index is 11.2.